The summed E-state index contributed by atoms with van der Waals surface area (Å²) in [6.45, 7) is 0. The maximum Gasteiger partial charge on any atom is 0.188 e. The van der Waals surface area contributed by atoms with Crippen LogP contribution in [-0.2, 0) is 4.79 Å². The highest BCUT2D eigenvalue weighted by Crippen LogP contribution is 2.22. The van der Waals surface area contributed by atoms with Gasteiger partial charge in [0.15, 0.2) is 5.78 Å². The summed E-state index contributed by atoms with van der Waals surface area (Å²) < 4.78 is 13.0. The van der Waals surface area contributed by atoms with Crippen molar-refractivity contribution in [1.29, 1.82) is 0 Å². The lowest BCUT2D eigenvalue weighted by Gasteiger charge is -2.12. The Balaban J connectivity index is 2.29. The summed E-state index contributed by atoms with van der Waals surface area (Å²) in [4.78, 5) is 15.7. The van der Waals surface area contributed by atoms with Gasteiger partial charge in [-0.3, -0.25) is 9.79 Å². The van der Waals surface area contributed by atoms with Gasteiger partial charge >= 0.3 is 0 Å². The van der Waals surface area contributed by atoms with Crippen LogP contribution < -0.4 is 5.73 Å². The number of ketones is 1. The lowest BCUT2D eigenvalue weighted by molar-refractivity contribution is -0.111. The minimum Gasteiger partial charge on any atom is -0.400 e. The standard InChI is InChI=1S/C13H9Cl2FN2O/c14-9-2-4-12(19)8(13(9)17)6-18-7-1-3-11(16)10(15)5-7/h1-6,9H,17H2. The third-order valence-electron chi connectivity index (χ3n) is 2.54. The van der Waals surface area contributed by atoms with Crippen molar-refractivity contribution in [3.63, 3.8) is 0 Å². The molecule has 0 saturated carbocycles. The van der Waals surface area contributed by atoms with Gasteiger partial charge in [0.1, 0.15) is 5.82 Å². The molecule has 0 aromatic heterocycles. The zero-order valence-corrected chi connectivity index (χ0v) is 11.1. The molecule has 1 aromatic carbocycles. The SMILES string of the molecule is NC1=C(C=Nc2ccc(F)c(Cl)c2)C(=O)C=CC1Cl. The van der Waals surface area contributed by atoms with Gasteiger partial charge in [-0.1, -0.05) is 17.7 Å². The van der Waals surface area contributed by atoms with E-state index in [9.17, 15) is 9.18 Å². The van der Waals surface area contributed by atoms with Crippen molar-refractivity contribution in [2.75, 3.05) is 0 Å². The molecule has 19 heavy (non-hydrogen) atoms. The van der Waals surface area contributed by atoms with Crippen LogP contribution in [0.15, 0.2) is 46.6 Å². The molecule has 0 saturated heterocycles. The molecule has 2 N–H and O–H groups in total. The molecular weight excluding hydrogens is 290 g/mol. The van der Waals surface area contributed by atoms with Crippen molar-refractivity contribution in [2.24, 2.45) is 10.7 Å². The Kier molecular flexibility index (Phi) is 4.02. The highest BCUT2D eigenvalue weighted by Gasteiger charge is 2.19. The number of benzene rings is 1. The van der Waals surface area contributed by atoms with E-state index >= 15 is 0 Å². The largest absolute Gasteiger partial charge is 0.400 e. The van der Waals surface area contributed by atoms with Crippen molar-refractivity contribution < 1.29 is 9.18 Å². The Labute approximate surface area is 119 Å². The first-order chi connectivity index (χ1) is 8.99. The van der Waals surface area contributed by atoms with Crippen molar-refractivity contribution in [1.82, 2.24) is 0 Å². The summed E-state index contributed by atoms with van der Waals surface area (Å²) in [6.07, 6.45) is 4.15. The van der Waals surface area contributed by atoms with Crippen molar-refractivity contribution in [3.8, 4) is 0 Å². The van der Waals surface area contributed by atoms with Gasteiger partial charge in [-0.05, 0) is 24.3 Å². The molecule has 0 amide bonds. The van der Waals surface area contributed by atoms with Crippen LogP contribution in [0.3, 0.4) is 0 Å². The predicted molar refractivity (Wildman–Crippen MR) is 74.6 cm³/mol. The van der Waals surface area contributed by atoms with Gasteiger partial charge in [-0.15, -0.1) is 11.6 Å². The number of carbonyl (C=O) groups excluding carboxylic acids is 1. The fraction of sp³-hybridized carbons (Fsp3) is 0.0769. The first-order valence-electron chi connectivity index (χ1n) is 5.34. The summed E-state index contributed by atoms with van der Waals surface area (Å²) in [5, 5.41) is -0.572. The summed E-state index contributed by atoms with van der Waals surface area (Å²) >= 11 is 11.5. The summed E-state index contributed by atoms with van der Waals surface area (Å²) in [7, 11) is 0. The maximum absolute atomic E-state index is 13.0. The molecule has 0 bridgehead atoms. The molecule has 0 radical (unpaired) electrons. The second kappa shape index (κ2) is 5.55. The van der Waals surface area contributed by atoms with Crippen molar-refractivity contribution in [3.05, 3.63) is 52.5 Å². The van der Waals surface area contributed by atoms with E-state index in [0.717, 1.165) is 0 Å². The van der Waals surface area contributed by atoms with Gasteiger partial charge in [-0.25, -0.2) is 4.39 Å². The van der Waals surface area contributed by atoms with Crippen LogP contribution in [0.2, 0.25) is 5.02 Å². The Morgan fingerprint density at radius 2 is 2.16 bits per heavy atom. The molecular formula is C13H9Cl2FN2O. The molecule has 0 spiro atoms. The van der Waals surface area contributed by atoms with E-state index in [2.05, 4.69) is 4.99 Å². The lowest BCUT2D eigenvalue weighted by atomic mass is 10.0. The molecule has 1 aromatic rings. The average Bonchev–Trinajstić information content (AvgIpc) is 2.38. The van der Waals surface area contributed by atoms with E-state index in [-0.39, 0.29) is 22.1 Å². The molecule has 1 unspecified atom stereocenters. The molecule has 2 rings (SSSR count). The summed E-state index contributed by atoms with van der Waals surface area (Å²) in [6, 6.07) is 3.99. The van der Waals surface area contributed by atoms with Crippen LogP contribution in [0.25, 0.3) is 0 Å². The molecule has 1 atom stereocenters. The second-order valence-electron chi connectivity index (χ2n) is 3.85. The molecule has 3 nitrogen and oxygen atoms in total. The number of aliphatic imine (C=N–C) groups is 1. The van der Waals surface area contributed by atoms with E-state index in [1.165, 1.54) is 36.6 Å². The summed E-state index contributed by atoms with van der Waals surface area (Å²) in [5.74, 6) is -0.803. The van der Waals surface area contributed by atoms with Gasteiger partial charge in [0.25, 0.3) is 0 Å². The zero-order chi connectivity index (χ0) is 14.0. The average molecular weight is 299 g/mol. The lowest BCUT2D eigenvalue weighted by Crippen LogP contribution is -2.21. The number of nitrogens with zero attached hydrogens (tertiary/aromatic N) is 1. The Morgan fingerprint density at radius 1 is 1.42 bits per heavy atom. The Bertz CT molecular complexity index is 623. The molecule has 1 aliphatic carbocycles. The number of hydrogen-bond donors (Lipinski definition) is 1. The van der Waals surface area contributed by atoms with E-state index in [4.69, 9.17) is 28.9 Å². The smallest absolute Gasteiger partial charge is 0.188 e. The minimum atomic E-state index is -0.532. The van der Waals surface area contributed by atoms with Gasteiger partial charge < -0.3 is 5.73 Å². The molecule has 1 aliphatic rings. The Morgan fingerprint density at radius 3 is 2.84 bits per heavy atom. The van der Waals surface area contributed by atoms with Crippen LogP contribution in [0.5, 0.6) is 0 Å². The molecule has 0 fully saturated rings. The highest BCUT2D eigenvalue weighted by molar-refractivity contribution is 6.31. The van der Waals surface area contributed by atoms with Crippen LogP contribution in [-0.4, -0.2) is 17.4 Å². The monoisotopic (exact) mass is 298 g/mol. The first-order valence-corrected chi connectivity index (χ1v) is 6.16. The van der Waals surface area contributed by atoms with Crippen molar-refractivity contribution >= 4 is 40.9 Å². The normalized spacial score (nSPS) is 19.5. The quantitative estimate of drug-likeness (QED) is 0.673. The fourth-order valence-electron chi connectivity index (χ4n) is 1.50. The fourth-order valence-corrected chi connectivity index (χ4v) is 1.86. The number of carbonyl (C=O) groups is 1. The molecule has 6 heteroatoms. The second-order valence-corrected chi connectivity index (χ2v) is 4.73. The number of halogens is 3. The van der Waals surface area contributed by atoms with E-state index in [1.807, 2.05) is 0 Å². The Hall–Kier alpha value is -1.65. The van der Waals surface area contributed by atoms with Crippen LogP contribution in [0.4, 0.5) is 10.1 Å². The van der Waals surface area contributed by atoms with Gasteiger partial charge in [0.05, 0.1) is 21.7 Å². The third kappa shape index (κ3) is 3.03. The van der Waals surface area contributed by atoms with Gasteiger partial charge in [-0.2, -0.15) is 0 Å². The van der Waals surface area contributed by atoms with Gasteiger partial charge in [0.2, 0.25) is 0 Å². The molecule has 98 valence electrons. The third-order valence-corrected chi connectivity index (χ3v) is 3.21. The van der Waals surface area contributed by atoms with E-state index in [0.29, 0.717) is 5.69 Å². The highest BCUT2D eigenvalue weighted by atomic mass is 35.5. The minimum absolute atomic E-state index is 0.0401. The first kappa shape index (κ1) is 13.8. The topological polar surface area (TPSA) is 55.4 Å². The van der Waals surface area contributed by atoms with Crippen molar-refractivity contribution in [2.45, 2.75) is 5.38 Å². The van der Waals surface area contributed by atoms with E-state index < -0.39 is 11.2 Å². The number of rotatable bonds is 2. The van der Waals surface area contributed by atoms with Crippen LogP contribution >= 0.6 is 23.2 Å². The summed E-state index contributed by atoms with van der Waals surface area (Å²) in [5.41, 5.74) is 6.61. The van der Waals surface area contributed by atoms with Crippen LogP contribution in [0.1, 0.15) is 0 Å². The number of alkyl halides is 1. The van der Waals surface area contributed by atoms with Crippen LogP contribution in [0, 0.1) is 5.82 Å². The number of allylic oxidation sites excluding steroid dienone is 3. The maximum atomic E-state index is 13.0. The number of nitrogens with two attached hydrogens (primary N) is 1. The molecule has 0 heterocycles. The van der Waals surface area contributed by atoms with Gasteiger partial charge in [0, 0.05) is 11.9 Å². The molecule has 0 aliphatic heterocycles. The number of hydrogen-bond acceptors (Lipinski definition) is 3. The predicted octanol–water partition coefficient (Wildman–Crippen LogP) is 3.14. The van der Waals surface area contributed by atoms with E-state index in [1.54, 1.807) is 0 Å². The zero-order valence-electron chi connectivity index (χ0n) is 9.61.